The Balaban J connectivity index is 2.22. The van der Waals surface area contributed by atoms with Gasteiger partial charge in [0.2, 0.25) is 0 Å². The fourth-order valence-electron chi connectivity index (χ4n) is 1.76. The van der Waals surface area contributed by atoms with E-state index in [-0.39, 0.29) is 11.9 Å². The van der Waals surface area contributed by atoms with Crippen molar-refractivity contribution in [3.8, 4) is 0 Å². The Hall–Kier alpha value is -2.10. The molecule has 1 amide bonds. The summed E-state index contributed by atoms with van der Waals surface area (Å²) in [6.45, 7) is 7.56. The van der Waals surface area contributed by atoms with Gasteiger partial charge in [-0.25, -0.2) is 0 Å². The van der Waals surface area contributed by atoms with Crippen LogP contribution in [0, 0.1) is 27.7 Å². The van der Waals surface area contributed by atoms with Crippen LogP contribution in [0.25, 0.3) is 0 Å². The molecule has 0 unspecified atom stereocenters. The minimum Gasteiger partial charge on any atom is -0.428 e. The molecule has 1 heterocycles. The van der Waals surface area contributed by atoms with Crippen molar-refractivity contribution in [2.24, 2.45) is 0 Å². The zero-order valence-electron chi connectivity index (χ0n) is 11.0. The first-order valence-corrected chi connectivity index (χ1v) is 5.80. The number of hydrogen-bond donors (Lipinski definition) is 1. The number of oxazole rings is 1. The molecule has 0 saturated carbocycles. The Morgan fingerprint density at radius 1 is 1.22 bits per heavy atom. The molecule has 0 spiro atoms. The van der Waals surface area contributed by atoms with Crippen molar-refractivity contribution < 1.29 is 9.21 Å². The number of nitrogens with one attached hydrogen (secondary N) is 1. The average molecular weight is 244 g/mol. The van der Waals surface area contributed by atoms with Crippen LogP contribution in [-0.2, 0) is 0 Å². The lowest BCUT2D eigenvalue weighted by Crippen LogP contribution is -2.13. The molecule has 0 aliphatic rings. The Morgan fingerprint density at radius 2 is 1.94 bits per heavy atom. The van der Waals surface area contributed by atoms with Gasteiger partial charge in [0.1, 0.15) is 5.76 Å². The summed E-state index contributed by atoms with van der Waals surface area (Å²) in [5, 5.41) is 2.66. The summed E-state index contributed by atoms with van der Waals surface area (Å²) >= 11 is 0. The first kappa shape index (κ1) is 12.4. The molecular formula is C14H16N2O2. The van der Waals surface area contributed by atoms with E-state index in [9.17, 15) is 4.79 Å². The first-order chi connectivity index (χ1) is 8.47. The van der Waals surface area contributed by atoms with Gasteiger partial charge < -0.3 is 4.42 Å². The zero-order chi connectivity index (χ0) is 13.3. The van der Waals surface area contributed by atoms with E-state index in [1.54, 1.807) is 0 Å². The Labute approximate surface area is 106 Å². The SMILES string of the molecule is Cc1ccc(C(=O)Nc2nc(C)c(C)o2)c(C)c1. The Bertz CT molecular complexity index is 580. The van der Waals surface area contributed by atoms with Crippen LogP contribution in [0.3, 0.4) is 0 Å². The van der Waals surface area contributed by atoms with Crippen LogP contribution in [0.2, 0.25) is 0 Å². The average Bonchev–Trinajstić information content (AvgIpc) is 2.57. The molecule has 0 radical (unpaired) electrons. The van der Waals surface area contributed by atoms with Gasteiger partial charge >= 0.3 is 6.01 Å². The molecule has 0 bridgehead atoms. The van der Waals surface area contributed by atoms with Crippen molar-refractivity contribution in [1.29, 1.82) is 0 Å². The molecule has 0 aliphatic heterocycles. The number of benzene rings is 1. The van der Waals surface area contributed by atoms with Gasteiger partial charge in [-0.2, -0.15) is 4.98 Å². The van der Waals surface area contributed by atoms with Gasteiger partial charge in [0, 0.05) is 5.56 Å². The normalized spacial score (nSPS) is 10.4. The lowest BCUT2D eigenvalue weighted by atomic mass is 10.1. The minimum atomic E-state index is -0.200. The molecule has 2 rings (SSSR count). The number of carbonyl (C=O) groups is 1. The van der Waals surface area contributed by atoms with Gasteiger partial charge in [-0.1, -0.05) is 17.7 Å². The molecule has 0 fully saturated rings. The summed E-state index contributed by atoms with van der Waals surface area (Å²) < 4.78 is 5.33. The van der Waals surface area contributed by atoms with Crippen LogP contribution in [0.15, 0.2) is 22.6 Å². The van der Waals surface area contributed by atoms with Crippen LogP contribution in [-0.4, -0.2) is 10.9 Å². The largest absolute Gasteiger partial charge is 0.428 e. The number of rotatable bonds is 2. The third kappa shape index (κ3) is 2.42. The van der Waals surface area contributed by atoms with Gasteiger partial charge in [0.15, 0.2) is 0 Å². The van der Waals surface area contributed by atoms with Crippen molar-refractivity contribution in [3.05, 3.63) is 46.3 Å². The van der Waals surface area contributed by atoms with Crippen molar-refractivity contribution in [1.82, 2.24) is 4.98 Å². The van der Waals surface area contributed by atoms with E-state index in [1.165, 1.54) is 0 Å². The van der Waals surface area contributed by atoms with E-state index in [4.69, 9.17) is 4.42 Å². The molecule has 4 heteroatoms. The molecule has 18 heavy (non-hydrogen) atoms. The number of amides is 1. The quantitative estimate of drug-likeness (QED) is 0.882. The van der Waals surface area contributed by atoms with Gasteiger partial charge in [0.25, 0.3) is 5.91 Å². The first-order valence-electron chi connectivity index (χ1n) is 5.80. The van der Waals surface area contributed by atoms with Gasteiger partial charge in [0.05, 0.1) is 5.69 Å². The van der Waals surface area contributed by atoms with Crippen molar-refractivity contribution in [2.45, 2.75) is 27.7 Å². The number of nitrogens with zero attached hydrogens (tertiary/aromatic N) is 1. The highest BCUT2D eigenvalue weighted by molar-refractivity contribution is 6.04. The fourth-order valence-corrected chi connectivity index (χ4v) is 1.76. The lowest BCUT2D eigenvalue weighted by molar-refractivity contribution is 0.102. The smallest absolute Gasteiger partial charge is 0.302 e. The van der Waals surface area contributed by atoms with E-state index in [1.807, 2.05) is 45.9 Å². The number of hydrogen-bond acceptors (Lipinski definition) is 3. The predicted molar refractivity (Wildman–Crippen MR) is 69.8 cm³/mol. The molecule has 1 aromatic carbocycles. The molecule has 94 valence electrons. The number of aryl methyl sites for hydroxylation is 4. The van der Waals surface area contributed by atoms with Crippen LogP contribution in [0.1, 0.15) is 32.9 Å². The van der Waals surface area contributed by atoms with E-state index >= 15 is 0 Å². The predicted octanol–water partition coefficient (Wildman–Crippen LogP) is 3.16. The molecule has 0 atom stereocenters. The third-order valence-electron chi connectivity index (χ3n) is 2.88. The van der Waals surface area contributed by atoms with Crippen LogP contribution >= 0.6 is 0 Å². The van der Waals surface area contributed by atoms with E-state index in [0.717, 1.165) is 16.8 Å². The molecule has 0 saturated heterocycles. The molecule has 1 N–H and O–H groups in total. The highest BCUT2D eigenvalue weighted by atomic mass is 16.4. The van der Waals surface area contributed by atoms with Crippen LogP contribution in [0.5, 0.6) is 0 Å². The van der Waals surface area contributed by atoms with Gasteiger partial charge in [-0.3, -0.25) is 10.1 Å². The highest BCUT2D eigenvalue weighted by Crippen LogP contribution is 2.16. The second-order valence-electron chi connectivity index (χ2n) is 4.43. The number of carbonyl (C=O) groups excluding carboxylic acids is 1. The minimum absolute atomic E-state index is 0.200. The van der Waals surface area contributed by atoms with E-state index in [2.05, 4.69) is 10.3 Å². The second-order valence-corrected chi connectivity index (χ2v) is 4.43. The van der Waals surface area contributed by atoms with E-state index in [0.29, 0.717) is 11.3 Å². The Morgan fingerprint density at radius 3 is 2.50 bits per heavy atom. The van der Waals surface area contributed by atoms with Crippen molar-refractivity contribution >= 4 is 11.9 Å². The van der Waals surface area contributed by atoms with Crippen molar-refractivity contribution in [3.63, 3.8) is 0 Å². The topological polar surface area (TPSA) is 55.1 Å². The molecule has 0 aliphatic carbocycles. The lowest BCUT2D eigenvalue weighted by Gasteiger charge is -2.05. The number of aromatic nitrogens is 1. The number of anilines is 1. The molecule has 2 aromatic rings. The Kier molecular flexibility index (Phi) is 3.19. The zero-order valence-corrected chi connectivity index (χ0v) is 11.0. The maximum Gasteiger partial charge on any atom is 0.302 e. The van der Waals surface area contributed by atoms with Gasteiger partial charge in [-0.05, 0) is 39.3 Å². The maximum absolute atomic E-state index is 12.1. The van der Waals surface area contributed by atoms with Gasteiger partial charge in [-0.15, -0.1) is 0 Å². The summed E-state index contributed by atoms with van der Waals surface area (Å²) in [5.41, 5.74) is 3.49. The molecule has 4 nitrogen and oxygen atoms in total. The maximum atomic E-state index is 12.1. The third-order valence-corrected chi connectivity index (χ3v) is 2.88. The summed E-state index contributed by atoms with van der Waals surface area (Å²) in [5.74, 6) is 0.514. The fraction of sp³-hybridized carbons (Fsp3) is 0.286. The summed E-state index contributed by atoms with van der Waals surface area (Å²) in [6, 6.07) is 5.94. The highest BCUT2D eigenvalue weighted by Gasteiger charge is 2.13. The monoisotopic (exact) mass is 244 g/mol. The van der Waals surface area contributed by atoms with Crippen LogP contribution in [0.4, 0.5) is 6.01 Å². The molecule has 1 aromatic heterocycles. The van der Waals surface area contributed by atoms with Crippen molar-refractivity contribution in [2.75, 3.05) is 5.32 Å². The summed E-state index contributed by atoms with van der Waals surface area (Å²) in [4.78, 5) is 16.2. The van der Waals surface area contributed by atoms with Crippen LogP contribution < -0.4 is 5.32 Å². The second kappa shape index (κ2) is 4.64. The standard InChI is InChI=1S/C14H16N2O2/c1-8-5-6-12(9(2)7-8)13(17)16-14-15-10(3)11(4)18-14/h5-7H,1-4H3,(H,15,16,17). The molecular weight excluding hydrogens is 228 g/mol. The summed E-state index contributed by atoms with van der Waals surface area (Å²) in [6.07, 6.45) is 0. The summed E-state index contributed by atoms with van der Waals surface area (Å²) in [7, 11) is 0. The van der Waals surface area contributed by atoms with E-state index < -0.39 is 0 Å².